The average molecular weight is 711 g/mol. The zero-order chi connectivity index (χ0) is 35.3. The Morgan fingerprint density at radius 3 is 2.78 bits per heavy atom. The number of pyridine rings is 1. The maximum atomic E-state index is 13.9. The van der Waals surface area contributed by atoms with Crippen LogP contribution >= 0.6 is 11.6 Å². The van der Waals surface area contributed by atoms with Crippen molar-refractivity contribution >= 4 is 46.4 Å². The first kappa shape index (κ1) is 36.0. The van der Waals surface area contributed by atoms with Gasteiger partial charge in [-0.05, 0) is 44.7 Å². The van der Waals surface area contributed by atoms with Gasteiger partial charge in [-0.1, -0.05) is 36.2 Å². The maximum Gasteiger partial charge on any atom is 0.407 e. The summed E-state index contributed by atoms with van der Waals surface area (Å²) in [7, 11) is 0. The number of nitrogens with one attached hydrogen (secondary N) is 2. The third kappa shape index (κ3) is 8.86. The van der Waals surface area contributed by atoms with Crippen LogP contribution in [0.15, 0.2) is 36.4 Å². The highest BCUT2D eigenvalue weighted by Crippen LogP contribution is 2.45. The molecule has 12 nitrogen and oxygen atoms in total. The van der Waals surface area contributed by atoms with Crippen LogP contribution in [0.4, 0.5) is 18.0 Å². The number of allylic oxidation sites excluding steroid dienone is 1. The molecule has 2 fully saturated rings. The van der Waals surface area contributed by atoms with E-state index in [-0.39, 0.29) is 31.7 Å². The number of alkyl carbamates (subject to hydrolysis) is 1. The second-order valence-electron chi connectivity index (χ2n) is 12.4. The molecule has 0 spiro atoms. The van der Waals surface area contributed by atoms with E-state index in [1.54, 1.807) is 37.3 Å². The lowest BCUT2D eigenvalue weighted by Gasteiger charge is -2.27. The molecule has 49 heavy (non-hydrogen) atoms. The Kier molecular flexibility index (Phi) is 11.1. The van der Waals surface area contributed by atoms with Gasteiger partial charge in [0.25, 0.3) is 0 Å². The number of fused-ring (bicyclic) bond motifs is 3. The number of carbonyl (C=O) groups excluding carboxylic acids is 3. The van der Waals surface area contributed by atoms with Crippen molar-refractivity contribution in [2.75, 3.05) is 19.8 Å². The molecule has 2 aliphatic heterocycles. The summed E-state index contributed by atoms with van der Waals surface area (Å²) in [6.45, 7) is 1.18. The van der Waals surface area contributed by atoms with Crippen LogP contribution in [0.25, 0.3) is 10.9 Å². The van der Waals surface area contributed by atoms with Crippen molar-refractivity contribution in [3.8, 4) is 11.6 Å². The van der Waals surface area contributed by atoms with E-state index < -0.39 is 72.7 Å². The van der Waals surface area contributed by atoms with E-state index >= 15 is 0 Å². The second-order valence-corrected chi connectivity index (χ2v) is 12.8. The van der Waals surface area contributed by atoms with Crippen LogP contribution in [0, 0.1) is 5.92 Å². The molecule has 0 radical (unpaired) electrons. The van der Waals surface area contributed by atoms with E-state index in [9.17, 15) is 37.5 Å². The van der Waals surface area contributed by atoms with Crippen LogP contribution < -0.4 is 20.1 Å². The van der Waals surface area contributed by atoms with Crippen molar-refractivity contribution in [1.29, 1.82) is 0 Å². The Morgan fingerprint density at radius 1 is 1.24 bits per heavy atom. The van der Waals surface area contributed by atoms with Gasteiger partial charge in [0.2, 0.25) is 17.7 Å². The monoisotopic (exact) mass is 710 g/mol. The van der Waals surface area contributed by atoms with Crippen LogP contribution in [-0.2, 0) is 19.1 Å². The highest BCUT2D eigenvalue weighted by molar-refractivity contribution is 6.35. The number of hydrogen-bond acceptors (Lipinski definition) is 8. The SMILES string of the molecule is CCOc1cc(O[C@@H]2C[C@H]3C(=O)N[C@]4(C(=O)O)C[C@H]4/C=C\CCCC[C@H](NC(=O)OCCC(F)(F)F)CC(=O)N3C2)c2cccc(Cl)c2n1. The number of nitrogens with zero attached hydrogens (tertiary/aromatic N) is 2. The number of hydrogen-bond donors (Lipinski definition) is 3. The molecule has 266 valence electrons. The number of carboxylic acid groups (broad SMARTS) is 1. The van der Waals surface area contributed by atoms with Gasteiger partial charge >= 0.3 is 18.2 Å². The minimum Gasteiger partial charge on any atom is -0.488 e. The van der Waals surface area contributed by atoms with Crippen LogP contribution in [0.5, 0.6) is 11.6 Å². The van der Waals surface area contributed by atoms with Crippen LogP contribution in [0.1, 0.15) is 58.3 Å². The Balaban J connectivity index is 1.40. The number of para-hydroxylation sites is 1. The Labute approximate surface area is 285 Å². The molecule has 0 bridgehead atoms. The van der Waals surface area contributed by atoms with Crippen LogP contribution in [0.3, 0.4) is 0 Å². The Bertz CT molecular complexity index is 1610. The normalized spacial score (nSPS) is 26.8. The van der Waals surface area contributed by atoms with E-state index in [2.05, 4.69) is 15.6 Å². The van der Waals surface area contributed by atoms with Crippen molar-refractivity contribution in [3.63, 3.8) is 0 Å². The Morgan fingerprint density at radius 2 is 2.04 bits per heavy atom. The molecule has 3 amide bonds. The molecule has 3 aliphatic rings. The fraction of sp³-hybridized carbons (Fsp3) is 0.545. The van der Waals surface area contributed by atoms with Crippen molar-refractivity contribution < 1.29 is 51.7 Å². The average Bonchev–Trinajstić information content (AvgIpc) is 3.55. The molecule has 1 saturated carbocycles. The first-order valence-corrected chi connectivity index (χ1v) is 16.6. The molecule has 0 unspecified atom stereocenters. The summed E-state index contributed by atoms with van der Waals surface area (Å²) in [5.41, 5.74) is -1.07. The molecule has 1 saturated heterocycles. The first-order chi connectivity index (χ1) is 23.3. The van der Waals surface area contributed by atoms with E-state index in [4.69, 9.17) is 25.8 Å². The lowest BCUT2D eigenvalue weighted by Crippen LogP contribution is -2.53. The number of aliphatic carboxylic acids is 1. The molecule has 5 atom stereocenters. The molecule has 5 rings (SSSR count). The predicted octanol–water partition coefficient (Wildman–Crippen LogP) is 5.16. The van der Waals surface area contributed by atoms with Gasteiger partial charge < -0.3 is 34.9 Å². The summed E-state index contributed by atoms with van der Waals surface area (Å²) in [6, 6.07) is 4.81. The summed E-state index contributed by atoms with van der Waals surface area (Å²) in [6.07, 6.45) is -2.01. The predicted molar refractivity (Wildman–Crippen MR) is 170 cm³/mol. The lowest BCUT2D eigenvalue weighted by molar-refractivity contribution is -0.145. The highest BCUT2D eigenvalue weighted by Gasteiger charge is 2.61. The molecule has 16 heteroatoms. The van der Waals surface area contributed by atoms with Crippen molar-refractivity contribution in [2.45, 2.75) is 88.2 Å². The number of halogens is 4. The zero-order valence-corrected chi connectivity index (χ0v) is 27.5. The van der Waals surface area contributed by atoms with Gasteiger partial charge in [-0.25, -0.2) is 14.6 Å². The number of alkyl halides is 3. The lowest BCUT2D eigenvalue weighted by atomic mass is 10.0. The third-order valence-corrected chi connectivity index (χ3v) is 9.15. The fourth-order valence-corrected chi connectivity index (χ4v) is 6.48. The largest absolute Gasteiger partial charge is 0.488 e. The quantitative estimate of drug-likeness (QED) is 0.315. The topological polar surface area (TPSA) is 156 Å². The van der Waals surface area contributed by atoms with Gasteiger partial charge in [0.1, 0.15) is 30.0 Å². The second kappa shape index (κ2) is 15.1. The number of aromatic nitrogens is 1. The molecule has 2 aromatic rings. The summed E-state index contributed by atoms with van der Waals surface area (Å²) in [5, 5.41) is 16.2. The van der Waals surface area contributed by atoms with E-state index in [1.165, 1.54) is 4.90 Å². The minimum atomic E-state index is -4.50. The molecule has 1 aliphatic carbocycles. The fourth-order valence-electron chi connectivity index (χ4n) is 6.27. The number of carbonyl (C=O) groups is 4. The highest BCUT2D eigenvalue weighted by atomic mass is 35.5. The minimum absolute atomic E-state index is 0.0136. The summed E-state index contributed by atoms with van der Waals surface area (Å²) in [5.74, 6) is -2.20. The molecular formula is C33H38ClF3N4O8. The first-order valence-electron chi connectivity index (χ1n) is 16.2. The molecule has 1 aromatic carbocycles. The number of amides is 3. The van der Waals surface area contributed by atoms with E-state index in [0.717, 1.165) is 0 Å². The van der Waals surface area contributed by atoms with Gasteiger partial charge in [0.05, 0.1) is 30.1 Å². The van der Waals surface area contributed by atoms with Crippen LogP contribution in [-0.4, -0.2) is 88.5 Å². The summed E-state index contributed by atoms with van der Waals surface area (Å²) in [4.78, 5) is 58.2. The number of carboxylic acids is 1. The van der Waals surface area contributed by atoms with Gasteiger partial charge in [0, 0.05) is 36.3 Å². The maximum absolute atomic E-state index is 13.9. The number of rotatable bonds is 8. The summed E-state index contributed by atoms with van der Waals surface area (Å²) < 4.78 is 54.4. The van der Waals surface area contributed by atoms with Gasteiger partial charge in [-0.3, -0.25) is 9.59 Å². The molecule has 1 aromatic heterocycles. The number of benzene rings is 1. The molecule has 3 heterocycles. The van der Waals surface area contributed by atoms with Gasteiger partial charge in [-0.2, -0.15) is 13.2 Å². The van der Waals surface area contributed by atoms with E-state index in [1.807, 2.05) is 6.08 Å². The summed E-state index contributed by atoms with van der Waals surface area (Å²) >= 11 is 6.42. The standard InChI is InChI=1S/C33H38ClF3N4O8/c1-2-47-26-16-25(22-10-7-11-23(34)28(22)39-26)49-21-15-24-29(43)40-32(30(44)45)17-19(32)8-5-3-4-6-9-20(14-27(42)41(24)18-21)38-31(46)48-13-12-33(35,36)37/h5,7-8,10-11,16,19-21,24H,2-4,6,9,12-15,17-18H2,1H3,(H,38,46)(H,40,43)(H,44,45)/b8-5-/t19-,20+,21-,24+,32-/m1/s1. The van der Waals surface area contributed by atoms with Gasteiger partial charge in [0.15, 0.2) is 0 Å². The third-order valence-electron chi connectivity index (χ3n) is 8.85. The van der Waals surface area contributed by atoms with Gasteiger partial charge in [-0.15, -0.1) is 0 Å². The molecular weight excluding hydrogens is 673 g/mol. The Hall–Kier alpha value is -4.27. The molecule has 3 N–H and O–H groups in total. The van der Waals surface area contributed by atoms with Crippen molar-refractivity contribution in [1.82, 2.24) is 20.5 Å². The van der Waals surface area contributed by atoms with Crippen molar-refractivity contribution in [3.05, 3.63) is 41.4 Å². The smallest absolute Gasteiger partial charge is 0.407 e. The van der Waals surface area contributed by atoms with E-state index in [0.29, 0.717) is 54.0 Å². The van der Waals surface area contributed by atoms with Crippen LogP contribution in [0.2, 0.25) is 5.02 Å². The zero-order valence-electron chi connectivity index (χ0n) is 26.8. The number of ether oxygens (including phenoxy) is 3. The van der Waals surface area contributed by atoms with Crippen molar-refractivity contribution in [2.24, 2.45) is 5.92 Å².